The molecule has 3 aliphatic rings. The van der Waals surface area contributed by atoms with E-state index in [2.05, 4.69) is 21.9 Å². The van der Waals surface area contributed by atoms with Gasteiger partial charge in [0.2, 0.25) is 0 Å². The van der Waals surface area contributed by atoms with E-state index in [1.54, 1.807) is 0 Å². The Balaban J connectivity index is 1.27. The third-order valence-electron chi connectivity index (χ3n) is 6.79. The molecule has 6 nitrogen and oxygen atoms in total. The van der Waals surface area contributed by atoms with Gasteiger partial charge in [-0.15, -0.1) is 0 Å². The molecule has 5 rings (SSSR count). The zero-order valence-electron chi connectivity index (χ0n) is 18.9. The molecule has 0 bridgehead atoms. The fraction of sp³-hybridized carbons (Fsp3) is 0.520. The fourth-order valence-corrected chi connectivity index (χ4v) is 4.66. The number of hydrogen-bond acceptors (Lipinski definition) is 6. The highest BCUT2D eigenvalue weighted by atomic mass is 19.4. The largest absolute Gasteiger partial charge is 0.490 e. The maximum Gasteiger partial charge on any atom is 0.416 e. The van der Waals surface area contributed by atoms with E-state index in [-0.39, 0.29) is 6.10 Å². The number of ether oxygens (including phenoxy) is 3. The van der Waals surface area contributed by atoms with Crippen LogP contribution in [0.3, 0.4) is 0 Å². The molecule has 34 heavy (non-hydrogen) atoms. The molecule has 184 valence electrons. The molecule has 0 atom stereocenters. The van der Waals surface area contributed by atoms with Crippen LogP contribution < -0.4 is 14.5 Å². The van der Waals surface area contributed by atoms with Crippen molar-refractivity contribution in [1.29, 1.82) is 0 Å². The normalized spacial score (nSPS) is 21.3. The summed E-state index contributed by atoms with van der Waals surface area (Å²) in [6, 6.07) is 11.1. The number of piperidine rings is 1. The highest BCUT2D eigenvalue weighted by molar-refractivity contribution is 5.63. The van der Waals surface area contributed by atoms with Gasteiger partial charge in [-0.05, 0) is 48.0 Å². The van der Waals surface area contributed by atoms with Gasteiger partial charge in [0.25, 0.3) is 0 Å². The van der Waals surface area contributed by atoms with Gasteiger partial charge in [-0.2, -0.15) is 13.2 Å². The van der Waals surface area contributed by atoms with Crippen LogP contribution in [0.15, 0.2) is 42.5 Å². The molecule has 2 aromatic rings. The Labute approximate surface area is 196 Å². The van der Waals surface area contributed by atoms with Crippen molar-refractivity contribution in [3.63, 3.8) is 0 Å². The summed E-state index contributed by atoms with van der Waals surface area (Å²) in [5, 5.41) is 10.9. The molecule has 3 heterocycles. The van der Waals surface area contributed by atoms with E-state index in [4.69, 9.17) is 14.2 Å². The summed E-state index contributed by atoms with van der Waals surface area (Å²) in [7, 11) is 0. The van der Waals surface area contributed by atoms with E-state index in [1.165, 1.54) is 12.1 Å². The van der Waals surface area contributed by atoms with Crippen LogP contribution in [0.25, 0.3) is 0 Å². The van der Waals surface area contributed by atoms with Crippen LogP contribution in [-0.2, 0) is 21.3 Å². The molecule has 9 heteroatoms. The average Bonchev–Trinajstić information content (AvgIpc) is 2.83. The van der Waals surface area contributed by atoms with Crippen molar-refractivity contribution < 1.29 is 32.5 Å². The highest BCUT2D eigenvalue weighted by Gasteiger charge is 2.39. The van der Waals surface area contributed by atoms with Crippen LogP contribution in [0.1, 0.15) is 24.0 Å². The molecule has 2 aromatic carbocycles. The third-order valence-corrected chi connectivity index (χ3v) is 6.79. The van der Waals surface area contributed by atoms with Gasteiger partial charge >= 0.3 is 6.18 Å². The second-order valence-corrected chi connectivity index (χ2v) is 9.19. The Hall–Kier alpha value is -2.49. The molecular weight excluding hydrogens is 449 g/mol. The van der Waals surface area contributed by atoms with Crippen molar-refractivity contribution in [3.05, 3.63) is 53.6 Å². The van der Waals surface area contributed by atoms with Crippen LogP contribution in [0.4, 0.5) is 24.5 Å². The first-order valence-electron chi connectivity index (χ1n) is 11.7. The molecule has 0 saturated carbocycles. The SMILES string of the molecule is OC1(c2cc(N3CCOCC3)cc(N3CCC(Oc4ccc(C(F)(F)F)cc4)CC3)c2)COC1. The third kappa shape index (κ3) is 4.96. The summed E-state index contributed by atoms with van der Waals surface area (Å²) >= 11 is 0. The van der Waals surface area contributed by atoms with E-state index in [0.29, 0.717) is 32.2 Å². The number of alkyl halides is 3. The number of benzene rings is 2. The molecule has 0 aliphatic carbocycles. The lowest BCUT2D eigenvalue weighted by Crippen LogP contribution is -2.47. The summed E-state index contributed by atoms with van der Waals surface area (Å²) in [6.45, 7) is 5.07. The van der Waals surface area contributed by atoms with Gasteiger partial charge in [0.15, 0.2) is 0 Å². The summed E-state index contributed by atoms with van der Waals surface area (Å²) in [5.74, 6) is 0.454. The van der Waals surface area contributed by atoms with Gasteiger partial charge in [-0.3, -0.25) is 0 Å². The van der Waals surface area contributed by atoms with Crippen molar-refractivity contribution in [2.45, 2.75) is 30.7 Å². The number of aliphatic hydroxyl groups is 1. The second-order valence-electron chi connectivity index (χ2n) is 9.19. The molecule has 1 N–H and O–H groups in total. The summed E-state index contributed by atoms with van der Waals surface area (Å²) in [5.41, 5.74) is 1.35. The first kappa shape index (κ1) is 23.3. The lowest BCUT2D eigenvalue weighted by molar-refractivity contribution is -0.184. The predicted octanol–water partition coefficient (Wildman–Crippen LogP) is 3.81. The first-order valence-corrected chi connectivity index (χ1v) is 11.7. The summed E-state index contributed by atoms with van der Waals surface area (Å²) in [6.07, 6.45) is -2.90. The Bertz CT molecular complexity index is 981. The van der Waals surface area contributed by atoms with Gasteiger partial charge in [0.1, 0.15) is 17.5 Å². The number of anilines is 2. The maximum atomic E-state index is 12.8. The molecule has 0 amide bonds. The zero-order valence-corrected chi connectivity index (χ0v) is 18.9. The predicted molar refractivity (Wildman–Crippen MR) is 121 cm³/mol. The lowest BCUT2D eigenvalue weighted by Gasteiger charge is -2.40. The van der Waals surface area contributed by atoms with E-state index < -0.39 is 17.3 Å². The topological polar surface area (TPSA) is 54.4 Å². The standard InChI is InChI=1S/C25H29F3N2O4/c26-25(27,28)18-1-3-22(4-2-18)34-23-5-7-29(8-6-23)20-13-19(24(31)16-33-17-24)14-21(15-20)30-9-11-32-12-10-30/h1-4,13-15,23,31H,5-12,16-17H2. The number of nitrogens with zero attached hydrogens (tertiary/aromatic N) is 2. The summed E-state index contributed by atoms with van der Waals surface area (Å²) in [4.78, 5) is 4.56. The average molecular weight is 479 g/mol. The molecular formula is C25H29F3N2O4. The highest BCUT2D eigenvalue weighted by Crippen LogP contribution is 2.37. The maximum absolute atomic E-state index is 12.8. The minimum atomic E-state index is -4.35. The van der Waals surface area contributed by atoms with E-state index in [9.17, 15) is 18.3 Å². The molecule has 0 aromatic heterocycles. The Morgan fingerprint density at radius 3 is 1.97 bits per heavy atom. The molecule has 0 unspecified atom stereocenters. The minimum Gasteiger partial charge on any atom is -0.490 e. The van der Waals surface area contributed by atoms with Gasteiger partial charge in [0, 0.05) is 50.4 Å². The Kier molecular flexibility index (Phi) is 6.35. The van der Waals surface area contributed by atoms with E-state index >= 15 is 0 Å². The number of hydrogen-bond donors (Lipinski definition) is 1. The van der Waals surface area contributed by atoms with Crippen LogP contribution in [0.5, 0.6) is 5.75 Å². The quantitative estimate of drug-likeness (QED) is 0.706. The van der Waals surface area contributed by atoms with Gasteiger partial charge in [0.05, 0.1) is 32.0 Å². The number of halogens is 3. The Morgan fingerprint density at radius 1 is 0.853 bits per heavy atom. The molecule has 3 aliphatic heterocycles. The Morgan fingerprint density at radius 2 is 1.44 bits per heavy atom. The van der Waals surface area contributed by atoms with E-state index in [1.807, 2.05) is 6.07 Å². The van der Waals surface area contributed by atoms with E-state index in [0.717, 1.165) is 68.1 Å². The molecule has 3 saturated heterocycles. The van der Waals surface area contributed by atoms with Crippen LogP contribution in [0.2, 0.25) is 0 Å². The van der Waals surface area contributed by atoms with Crippen molar-refractivity contribution >= 4 is 11.4 Å². The number of rotatable bonds is 5. The zero-order chi connectivity index (χ0) is 23.8. The van der Waals surface area contributed by atoms with Crippen molar-refractivity contribution in [2.24, 2.45) is 0 Å². The van der Waals surface area contributed by atoms with Crippen LogP contribution in [-0.4, -0.2) is 63.8 Å². The van der Waals surface area contributed by atoms with Crippen molar-refractivity contribution in [1.82, 2.24) is 0 Å². The molecule has 0 radical (unpaired) electrons. The monoisotopic (exact) mass is 478 g/mol. The fourth-order valence-electron chi connectivity index (χ4n) is 4.66. The van der Waals surface area contributed by atoms with Gasteiger partial charge < -0.3 is 29.1 Å². The second kappa shape index (κ2) is 9.28. The minimum absolute atomic E-state index is 0.0564. The van der Waals surface area contributed by atoms with Gasteiger partial charge in [-0.1, -0.05) is 0 Å². The van der Waals surface area contributed by atoms with Crippen LogP contribution in [0, 0.1) is 0 Å². The van der Waals surface area contributed by atoms with Crippen molar-refractivity contribution in [2.75, 3.05) is 62.4 Å². The smallest absolute Gasteiger partial charge is 0.416 e. The van der Waals surface area contributed by atoms with Crippen LogP contribution >= 0.6 is 0 Å². The lowest BCUT2D eigenvalue weighted by atomic mass is 9.90. The molecule has 3 fully saturated rings. The van der Waals surface area contributed by atoms with Gasteiger partial charge in [-0.25, -0.2) is 0 Å². The summed E-state index contributed by atoms with van der Waals surface area (Å²) < 4.78 is 55.1. The first-order chi connectivity index (χ1) is 16.3. The van der Waals surface area contributed by atoms with Crippen molar-refractivity contribution in [3.8, 4) is 5.75 Å². The molecule has 0 spiro atoms. The number of morpholine rings is 1.